The summed E-state index contributed by atoms with van der Waals surface area (Å²) < 4.78 is 6.46. The molecule has 2 amide bonds. The lowest BCUT2D eigenvalue weighted by Crippen LogP contribution is -2.36. The van der Waals surface area contributed by atoms with Gasteiger partial charge in [-0.2, -0.15) is 0 Å². The maximum absolute atomic E-state index is 12.4. The van der Waals surface area contributed by atoms with Gasteiger partial charge in [-0.25, -0.2) is 0 Å². The number of hydrogen-bond acceptors (Lipinski definition) is 3. The van der Waals surface area contributed by atoms with Crippen molar-refractivity contribution < 1.29 is 14.3 Å². The molecule has 0 aromatic heterocycles. The summed E-state index contributed by atoms with van der Waals surface area (Å²) in [5, 5.41) is 0. The van der Waals surface area contributed by atoms with E-state index < -0.39 is 5.91 Å². The van der Waals surface area contributed by atoms with Crippen molar-refractivity contribution in [1.82, 2.24) is 4.90 Å². The number of halogens is 1. The molecular weight excluding hydrogens is 372 g/mol. The molecule has 126 valence electrons. The summed E-state index contributed by atoms with van der Waals surface area (Å²) in [7, 11) is 0. The summed E-state index contributed by atoms with van der Waals surface area (Å²) in [4.78, 5) is 25.1. The molecular formula is C18H19BrN2O3. The predicted octanol–water partition coefficient (Wildman–Crippen LogP) is 2.73. The maximum Gasteiger partial charge on any atom is 0.260 e. The Bertz CT molecular complexity index is 674. The van der Waals surface area contributed by atoms with Crippen molar-refractivity contribution in [2.75, 3.05) is 13.2 Å². The van der Waals surface area contributed by atoms with Crippen molar-refractivity contribution in [2.24, 2.45) is 5.73 Å². The molecule has 24 heavy (non-hydrogen) atoms. The van der Waals surface area contributed by atoms with Crippen molar-refractivity contribution >= 4 is 27.7 Å². The van der Waals surface area contributed by atoms with Crippen LogP contribution in [0.25, 0.3) is 0 Å². The SMILES string of the molecule is NC(=O)CCN(Cc1ccccc1)C(=O)COc1ccc(Br)cc1. The van der Waals surface area contributed by atoms with Crippen molar-refractivity contribution in [3.05, 3.63) is 64.6 Å². The molecule has 2 aromatic rings. The van der Waals surface area contributed by atoms with E-state index in [1.54, 1.807) is 17.0 Å². The van der Waals surface area contributed by atoms with Gasteiger partial charge in [0.1, 0.15) is 5.75 Å². The Kier molecular flexibility index (Phi) is 6.81. The van der Waals surface area contributed by atoms with Crippen molar-refractivity contribution in [3.63, 3.8) is 0 Å². The lowest BCUT2D eigenvalue weighted by atomic mass is 10.2. The Hall–Kier alpha value is -2.34. The van der Waals surface area contributed by atoms with Gasteiger partial charge in [0, 0.05) is 24.0 Å². The van der Waals surface area contributed by atoms with Gasteiger partial charge in [0.25, 0.3) is 5.91 Å². The quantitative estimate of drug-likeness (QED) is 0.752. The number of benzene rings is 2. The van der Waals surface area contributed by atoms with Crippen molar-refractivity contribution in [1.29, 1.82) is 0 Å². The molecule has 0 unspecified atom stereocenters. The standard InChI is InChI=1S/C18H19BrN2O3/c19-15-6-8-16(9-7-15)24-13-18(23)21(11-10-17(20)22)12-14-4-2-1-3-5-14/h1-9H,10-13H2,(H2,20,22). The Morgan fingerprint density at radius 2 is 1.71 bits per heavy atom. The third-order valence-electron chi connectivity index (χ3n) is 3.37. The zero-order chi connectivity index (χ0) is 17.4. The van der Waals surface area contributed by atoms with Crippen LogP contribution in [0.15, 0.2) is 59.1 Å². The number of primary amides is 1. The third kappa shape index (κ3) is 6.04. The van der Waals surface area contributed by atoms with E-state index in [0.29, 0.717) is 12.3 Å². The third-order valence-corrected chi connectivity index (χ3v) is 3.90. The number of rotatable bonds is 8. The summed E-state index contributed by atoms with van der Waals surface area (Å²) >= 11 is 3.35. The normalized spacial score (nSPS) is 10.2. The van der Waals surface area contributed by atoms with E-state index in [-0.39, 0.29) is 25.5 Å². The molecule has 2 rings (SSSR count). The van der Waals surface area contributed by atoms with Crippen molar-refractivity contribution in [3.8, 4) is 5.75 Å². The Balaban J connectivity index is 1.97. The second-order valence-electron chi connectivity index (χ2n) is 5.26. The van der Waals surface area contributed by atoms with Crippen LogP contribution in [0, 0.1) is 0 Å². The fourth-order valence-electron chi connectivity index (χ4n) is 2.11. The average molecular weight is 391 g/mol. The predicted molar refractivity (Wildman–Crippen MR) is 95.3 cm³/mol. The molecule has 0 aliphatic rings. The summed E-state index contributed by atoms with van der Waals surface area (Å²) in [6, 6.07) is 16.8. The highest BCUT2D eigenvalue weighted by Gasteiger charge is 2.15. The van der Waals surface area contributed by atoms with Gasteiger partial charge in [-0.3, -0.25) is 9.59 Å². The van der Waals surface area contributed by atoms with Gasteiger partial charge in [0.2, 0.25) is 5.91 Å². The number of carbonyl (C=O) groups excluding carboxylic acids is 2. The van der Waals surface area contributed by atoms with E-state index in [9.17, 15) is 9.59 Å². The summed E-state index contributed by atoms with van der Waals surface area (Å²) in [6.07, 6.45) is 0.122. The highest BCUT2D eigenvalue weighted by molar-refractivity contribution is 9.10. The van der Waals surface area contributed by atoms with Crippen LogP contribution in [0.3, 0.4) is 0 Å². The van der Waals surface area contributed by atoms with Crippen LogP contribution in [0.5, 0.6) is 5.75 Å². The fraction of sp³-hybridized carbons (Fsp3) is 0.222. The molecule has 0 fully saturated rings. The zero-order valence-corrected chi connectivity index (χ0v) is 14.7. The molecule has 5 nitrogen and oxygen atoms in total. The van der Waals surface area contributed by atoms with Crippen LogP contribution in [0.2, 0.25) is 0 Å². The second kappa shape index (κ2) is 9.08. The van der Waals surface area contributed by atoms with E-state index in [0.717, 1.165) is 10.0 Å². The smallest absolute Gasteiger partial charge is 0.260 e. The van der Waals surface area contributed by atoms with E-state index >= 15 is 0 Å². The lowest BCUT2D eigenvalue weighted by Gasteiger charge is -2.22. The minimum Gasteiger partial charge on any atom is -0.484 e. The molecule has 0 aliphatic heterocycles. The lowest BCUT2D eigenvalue weighted by molar-refractivity contribution is -0.134. The van der Waals surface area contributed by atoms with Crippen LogP contribution < -0.4 is 10.5 Å². The van der Waals surface area contributed by atoms with Gasteiger partial charge in [0.05, 0.1) is 0 Å². The van der Waals surface area contributed by atoms with Crippen LogP contribution in [0.4, 0.5) is 0 Å². The average Bonchev–Trinajstić information content (AvgIpc) is 2.58. The largest absolute Gasteiger partial charge is 0.484 e. The maximum atomic E-state index is 12.4. The van der Waals surface area contributed by atoms with Crippen LogP contribution in [-0.4, -0.2) is 29.9 Å². The van der Waals surface area contributed by atoms with E-state index in [2.05, 4.69) is 15.9 Å². The minimum absolute atomic E-state index is 0.0901. The van der Waals surface area contributed by atoms with Gasteiger partial charge >= 0.3 is 0 Å². The van der Waals surface area contributed by atoms with Crippen molar-refractivity contribution in [2.45, 2.75) is 13.0 Å². The molecule has 0 radical (unpaired) electrons. The highest BCUT2D eigenvalue weighted by atomic mass is 79.9. The Morgan fingerprint density at radius 3 is 2.33 bits per heavy atom. The molecule has 0 spiro atoms. The Labute approximate surface area is 149 Å². The molecule has 6 heteroatoms. The molecule has 0 saturated heterocycles. The first-order valence-corrected chi connectivity index (χ1v) is 8.32. The van der Waals surface area contributed by atoms with Gasteiger partial charge < -0.3 is 15.4 Å². The molecule has 0 bridgehead atoms. The summed E-state index contributed by atoms with van der Waals surface area (Å²) in [5.41, 5.74) is 6.19. The first-order chi connectivity index (χ1) is 11.5. The second-order valence-corrected chi connectivity index (χ2v) is 6.18. The number of ether oxygens (including phenoxy) is 1. The van der Waals surface area contributed by atoms with Gasteiger partial charge in [-0.15, -0.1) is 0 Å². The first kappa shape index (κ1) is 18.0. The summed E-state index contributed by atoms with van der Waals surface area (Å²) in [6.45, 7) is 0.594. The molecule has 0 heterocycles. The molecule has 2 aromatic carbocycles. The molecule has 2 N–H and O–H groups in total. The summed E-state index contributed by atoms with van der Waals surface area (Å²) in [5.74, 6) is -0.0150. The fourth-order valence-corrected chi connectivity index (χ4v) is 2.37. The zero-order valence-electron chi connectivity index (χ0n) is 13.2. The monoisotopic (exact) mass is 390 g/mol. The minimum atomic E-state index is -0.435. The molecule has 0 aliphatic carbocycles. The topological polar surface area (TPSA) is 72.6 Å². The Morgan fingerprint density at radius 1 is 1.04 bits per heavy atom. The first-order valence-electron chi connectivity index (χ1n) is 7.53. The number of nitrogens with two attached hydrogens (primary N) is 1. The highest BCUT2D eigenvalue weighted by Crippen LogP contribution is 2.16. The number of carbonyl (C=O) groups is 2. The van der Waals surface area contributed by atoms with Crippen LogP contribution in [-0.2, 0) is 16.1 Å². The molecule has 0 atom stereocenters. The van der Waals surface area contributed by atoms with E-state index in [4.69, 9.17) is 10.5 Å². The van der Waals surface area contributed by atoms with Gasteiger partial charge in [-0.05, 0) is 29.8 Å². The number of nitrogens with zero attached hydrogens (tertiary/aromatic N) is 1. The van der Waals surface area contributed by atoms with E-state index in [1.807, 2.05) is 42.5 Å². The van der Waals surface area contributed by atoms with E-state index in [1.165, 1.54) is 0 Å². The number of amides is 2. The number of hydrogen-bond donors (Lipinski definition) is 1. The van der Waals surface area contributed by atoms with Gasteiger partial charge in [0.15, 0.2) is 6.61 Å². The van der Waals surface area contributed by atoms with Crippen LogP contribution in [0.1, 0.15) is 12.0 Å². The molecule has 0 saturated carbocycles. The van der Waals surface area contributed by atoms with Crippen LogP contribution >= 0.6 is 15.9 Å². The van der Waals surface area contributed by atoms with Gasteiger partial charge in [-0.1, -0.05) is 46.3 Å².